The fourth-order valence-electron chi connectivity index (χ4n) is 1.60. The van der Waals surface area contributed by atoms with Gasteiger partial charge in [-0.2, -0.15) is 0 Å². The number of hydrogen-bond acceptors (Lipinski definition) is 4. The average Bonchev–Trinajstić information content (AvgIpc) is 2.78. The Bertz CT molecular complexity index is 349. The van der Waals surface area contributed by atoms with Gasteiger partial charge in [-0.05, 0) is 32.0 Å². The van der Waals surface area contributed by atoms with E-state index in [-0.39, 0.29) is 5.78 Å². The van der Waals surface area contributed by atoms with Gasteiger partial charge in [-0.15, -0.1) is 11.3 Å². The molecule has 3 nitrogen and oxygen atoms in total. The molecule has 0 bridgehead atoms. The van der Waals surface area contributed by atoms with Gasteiger partial charge in [-0.25, -0.2) is 0 Å². The lowest BCUT2D eigenvalue weighted by molar-refractivity contribution is 0.0942. The number of ketones is 1. The molecule has 0 fully saturated rings. The van der Waals surface area contributed by atoms with E-state index in [4.69, 9.17) is 4.74 Å². The van der Waals surface area contributed by atoms with Crippen molar-refractivity contribution in [2.45, 2.75) is 19.8 Å². The number of methoxy groups -OCH3 is 1. The van der Waals surface area contributed by atoms with Crippen LogP contribution in [0.5, 0.6) is 0 Å². The summed E-state index contributed by atoms with van der Waals surface area (Å²) >= 11 is 1.61. The number of carbonyl (C=O) groups is 1. The van der Waals surface area contributed by atoms with Gasteiger partial charge in [0.1, 0.15) is 0 Å². The molecule has 0 spiro atoms. The van der Waals surface area contributed by atoms with Crippen molar-refractivity contribution < 1.29 is 9.53 Å². The van der Waals surface area contributed by atoms with Gasteiger partial charge in [0.2, 0.25) is 0 Å². The maximum absolute atomic E-state index is 12.0. The van der Waals surface area contributed by atoms with Crippen LogP contribution < -0.4 is 0 Å². The minimum atomic E-state index is 0.217. The molecule has 1 aromatic heterocycles. The second kappa shape index (κ2) is 7.58. The smallest absolute Gasteiger partial charge is 0.186 e. The van der Waals surface area contributed by atoms with Gasteiger partial charge in [0.15, 0.2) is 5.78 Å². The van der Waals surface area contributed by atoms with E-state index in [0.717, 1.165) is 30.9 Å². The molecule has 1 heterocycles. The highest BCUT2D eigenvalue weighted by molar-refractivity contribution is 7.14. The number of aryl methyl sites for hydroxylation is 1. The van der Waals surface area contributed by atoms with Crippen molar-refractivity contribution >= 4 is 17.1 Å². The van der Waals surface area contributed by atoms with E-state index < -0.39 is 0 Å². The Kier molecular flexibility index (Phi) is 6.40. The topological polar surface area (TPSA) is 29.5 Å². The summed E-state index contributed by atoms with van der Waals surface area (Å²) in [5, 5.41) is 0. The highest BCUT2D eigenvalue weighted by Gasteiger charge is 2.11. The van der Waals surface area contributed by atoms with Crippen molar-refractivity contribution in [3.8, 4) is 0 Å². The van der Waals surface area contributed by atoms with Crippen molar-refractivity contribution in [2.75, 3.05) is 33.9 Å². The summed E-state index contributed by atoms with van der Waals surface area (Å²) in [4.78, 5) is 16.2. The Morgan fingerprint density at radius 1 is 1.47 bits per heavy atom. The van der Waals surface area contributed by atoms with Crippen LogP contribution in [-0.2, 0) is 11.2 Å². The van der Waals surface area contributed by atoms with Crippen LogP contribution in [0.1, 0.15) is 27.9 Å². The number of thiophene rings is 1. The van der Waals surface area contributed by atoms with E-state index in [1.165, 1.54) is 4.88 Å². The van der Waals surface area contributed by atoms with E-state index in [2.05, 4.69) is 6.92 Å². The van der Waals surface area contributed by atoms with Crippen molar-refractivity contribution in [3.05, 3.63) is 21.9 Å². The lowest BCUT2D eigenvalue weighted by atomic mass is 10.3. The summed E-state index contributed by atoms with van der Waals surface area (Å²) < 4.78 is 4.99. The van der Waals surface area contributed by atoms with Gasteiger partial charge in [-0.1, -0.05) is 6.92 Å². The van der Waals surface area contributed by atoms with Crippen LogP contribution in [0, 0.1) is 0 Å². The third-order valence-electron chi connectivity index (χ3n) is 2.59. The van der Waals surface area contributed by atoms with Gasteiger partial charge in [0, 0.05) is 25.1 Å². The summed E-state index contributed by atoms with van der Waals surface area (Å²) in [6.07, 6.45) is 1.96. The number of rotatable bonds is 8. The van der Waals surface area contributed by atoms with Gasteiger partial charge in [-0.3, -0.25) is 9.69 Å². The molecule has 0 unspecified atom stereocenters. The minimum absolute atomic E-state index is 0.217. The van der Waals surface area contributed by atoms with E-state index in [9.17, 15) is 4.79 Å². The quantitative estimate of drug-likeness (QED) is 0.528. The molecular formula is C13H21NO2S. The van der Waals surface area contributed by atoms with E-state index in [0.29, 0.717) is 6.54 Å². The predicted octanol–water partition coefficient (Wildman–Crippen LogP) is 2.46. The zero-order valence-corrected chi connectivity index (χ0v) is 11.7. The molecular weight excluding hydrogens is 234 g/mol. The Morgan fingerprint density at radius 2 is 2.24 bits per heavy atom. The molecule has 0 atom stereocenters. The van der Waals surface area contributed by atoms with Crippen molar-refractivity contribution in [2.24, 2.45) is 0 Å². The van der Waals surface area contributed by atoms with Gasteiger partial charge < -0.3 is 4.74 Å². The first-order chi connectivity index (χ1) is 8.17. The van der Waals surface area contributed by atoms with Crippen LogP contribution in [0.15, 0.2) is 12.1 Å². The summed E-state index contributed by atoms with van der Waals surface area (Å²) in [5.74, 6) is 0.217. The first kappa shape index (κ1) is 14.4. The average molecular weight is 255 g/mol. The van der Waals surface area contributed by atoms with E-state index in [1.54, 1.807) is 18.4 Å². The lowest BCUT2D eigenvalue weighted by Gasteiger charge is -2.14. The zero-order valence-electron chi connectivity index (χ0n) is 10.9. The number of nitrogens with zero attached hydrogens (tertiary/aromatic N) is 1. The highest BCUT2D eigenvalue weighted by Crippen LogP contribution is 2.17. The number of ether oxygens (including phenoxy) is 1. The third kappa shape index (κ3) is 4.98. The number of likely N-dealkylation sites (N-methyl/N-ethyl adjacent to an activating group) is 1. The fourth-order valence-corrected chi connectivity index (χ4v) is 2.48. The largest absolute Gasteiger partial charge is 0.385 e. The van der Waals surface area contributed by atoms with Crippen LogP contribution in [-0.4, -0.2) is 44.5 Å². The van der Waals surface area contributed by atoms with Gasteiger partial charge in [0.25, 0.3) is 0 Å². The Labute approximate surface area is 107 Å². The summed E-state index contributed by atoms with van der Waals surface area (Å²) in [6, 6.07) is 3.98. The number of hydrogen-bond donors (Lipinski definition) is 0. The van der Waals surface area contributed by atoms with Gasteiger partial charge >= 0.3 is 0 Å². The maximum atomic E-state index is 12.0. The molecule has 4 heteroatoms. The molecule has 0 amide bonds. The Hall–Kier alpha value is -0.710. The molecule has 96 valence electrons. The monoisotopic (exact) mass is 255 g/mol. The molecule has 0 radical (unpaired) electrons. The third-order valence-corrected chi connectivity index (χ3v) is 3.86. The molecule has 1 rings (SSSR count). The molecule has 0 aromatic carbocycles. The molecule has 0 aliphatic carbocycles. The summed E-state index contributed by atoms with van der Waals surface area (Å²) in [7, 11) is 3.67. The normalized spacial score (nSPS) is 11.1. The van der Waals surface area contributed by atoms with Crippen LogP contribution in [0.25, 0.3) is 0 Å². The fraction of sp³-hybridized carbons (Fsp3) is 0.615. The molecule has 0 aliphatic heterocycles. The Morgan fingerprint density at radius 3 is 2.82 bits per heavy atom. The first-order valence-electron chi connectivity index (χ1n) is 5.96. The molecule has 17 heavy (non-hydrogen) atoms. The van der Waals surface area contributed by atoms with Crippen molar-refractivity contribution in [3.63, 3.8) is 0 Å². The van der Waals surface area contributed by atoms with Crippen LogP contribution in [0.3, 0.4) is 0 Å². The standard InChI is InChI=1S/C13H21NO2S/c1-4-11-6-7-13(17-11)12(15)10-14(2)8-5-9-16-3/h6-7H,4-5,8-10H2,1-3H3. The molecule has 0 aliphatic rings. The highest BCUT2D eigenvalue weighted by atomic mass is 32.1. The first-order valence-corrected chi connectivity index (χ1v) is 6.78. The predicted molar refractivity (Wildman–Crippen MR) is 72.0 cm³/mol. The summed E-state index contributed by atoms with van der Waals surface area (Å²) in [5.41, 5.74) is 0. The molecule has 0 saturated heterocycles. The SMILES string of the molecule is CCc1ccc(C(=O)CN(C)CCCOC)s1. The molecule has 0 N–H and O–H groups in total. The Balaban J connectivity index is 2.37. The van der Waals surface area contributed by atoms with Crippen molar-refractivity contribution in [1.29, 1.82) is 0 Å². The molecule has 1 aromatic rings. The van der Waals surface area contributed by atoms with Crippen LogP contribution >= 0.6 is 11.3 Å². The van der Waals surface area contributed by atoms with E-state index >= 15 is 0 Å². The lowest BCUT2D eigenvalue weighted by Crippen LogP contribution is -2.27. The zero-order chi connectivity index (χ0) is 12.7. The van der Waals surface area contributed by atoms with Gasteiger partial charge in [0.05, 0.1) is 11.4 Å². The minimum Gasteiger partial charge on any atom is -0.385 e. The number of Topliss-reactive ketones (excluding diaryl/α,β-unsaturated/α-hetero) is 1. The number of carbonyl (C=O) groups excluding carboxylic acids is 1. The summed E-state index contributed by atoms with van der Waals surface area (Å²) in [6.45, 7) is 4.24. The van der Waals surface area contributed by atoms with Crippen LogP contribution in [0.4, 0.5) is 0 Å². The van der Waals surface area contributed by atoms with Crippen LogP contribution in [0.2, 0.25) is 0 Å². The second-order valence-corrected chi connectivity index (χ2v) is 5.30. The maximum Gasteiger partial charge on any atom is 0.186 e. The van der Waals surface area contributed by atoms with E-state index in [1.807, 2.05) is 24.1 Å². The second-order valence-electron chi connectivity index (χ2n) is 4.13. The molecule has 0 saturated carbocycles. The van der Waals surface area contributed by atoms with Crippen molar-refractivity contribution in [1.82, 2.24) is 4.90 Å².